The molecule has 0 saturated carbocycles. The van der Waals surface area contributed by atoms with Crippen LogP contribution >= 0.6 is 12.2 Å². The van der Waals surface area contributed by atoms with Gasteiger partial charge in [-0.3, -0.25) is 0 Å². The molecular formula is C12H17FN2S. The second-order valence-corrected chi connectivity index (χ2v) is 4.21. The van der Waals surface area contributed by atoms with Crippen LogP contribution in [-0.4, -0.2) is 11.2 Å². The predicted octanol–water partition coefficient (Wildman–Crippen LogP) is 3.30. The van der Waals surface area contributed by atoms with Crippen molar-refractivity contribution >= 4 is 23.0 Å². The summed E-state index contributed by atoms with van der Waals surface area (Å²) >= 11 is 5.13. The van der Waals surface area contributed by atoms with Crippen LogP contribution in [0.2, 0.25) is 0 Å². The molecule has 0 heterocycles. The van der Waals surface area contributed by atoms with Gasteiger partial charge < -0.3 is 10.6 Å². The molecule has 0 aromatic heterocycles. The average molecular weight is 240 g/mol. The van der Waals surface area contributed by atoms with Crippen LogP contribution < -0.4 is 10.6 Å². The van der Waals surface area contributed by atoms with Crippen molar-refractivity contribution in [3.63, 3.8) is 0 Å². The first kappa shape index (κ1) is 12.9. The van der Waals surface area contributed by atoms with E-state index in [4.69, 9.17) is 12.2 Å². The van der Waals surface area contributed by atoms with Crippen LogP contribution in [0.15, 0.2) is 24.3 Å². The molecule has 4 heteroatoms. The Bertz CT molecular complexity index is 355. The van der Waals surface area contributed by atoms with E-state index >= 15 is 0 Å². The summed E-state index contributed by atoms with van der Waals surface area (Å²) in [5.74, 6) is -0.269. The fraction of sp³-hybridized carbons (Fsp3) is 0.417. The maximum atomic E-state index is 12.9. The van der Waals surface area contributed by atoms with Gasteiger partial charge >= 0.3 is 0 Å². The molecular weight excluding hydrogens is 223 g/mol. The summed E-state index contributed by atoms with van der Waals surface area (Å²) in [5, 5.41) is 6.63. The van der Waals surface area contributed by atoms with Crippen molar-refractivity contribution in [2.75, 3.05) is 5.32 Å². The highest BCUT2D eigenvalue weighted by molar-refractivity contribution is 7.80. The molecule has 0 radical (unpaired) electrons. The molecule has 2 N–H and O–H groups in total. The van der Waals surface area contributed by atoms with Gasteiger partial charge in [-0.25, -0.2) is 4.39 Å². The predicted molar refractivity (Wildman–Crippen MR) is 70.1 cm³/mol. The van der Waals surface area contributed by atoms with Gasteiger partial charge in [0.05, 0.1) is 0 Å². The number of hydrogen-bond donors (Lipinski definition) is 2. The highest BCUT2D eigenvalue weighted by Crippen LogP contribution is 2.08. The largest absolute Gasteiger partial charge is 0.360 e. The van der Waals surface area contributed by atoms with Crippen LogP contribution in [0.4, 0.5) is 10.1 Å². The van der Waals surface area contributed by atoms with Crippen molar-refractivity contribution in [3.05, 3.63) is 30.1 Å². The molecule has 0 aliphatic carbocycles. The molecule has 0 unspecified atom stereocenters. The van der Waals surface area contributed by atoms with Gasteiger partial charge in [-0.2, -0.15) is 0 Å². The molecule has 0 aliphatic heterocycles. The smallest absolute Gasteiger partial charge is 0.170 e. The number of benzene rings is 1. The van der Waals surface area contributed by atoms with Crippen molar-refractivity contribution in [3.8, 4) is 0 Å². The summed E-state index contributed by atoms with van der Waals surface area (Å²) in [7, 11) is 0. The molecule has 0 aliphatic rings. The average Bonchev–Trinajstić information content (AvgIpc) is 2.17. The maximum absolute atomic E-state index is 12.9. The van der Waals surface area contributed by atoms with E-state index in [0.717, 1.165) is 12.8 Å². The van der Waals surface area contributed by atoms with Crippen LogP contribution in [0.25, 0.3) is 0 Å². The standard InChI is InChI=1S/C12H17FN2S/c1-3-5-9(2)14-12(16)15-11-7-4-6-10(13)8-11/h4,6-9H,3,5H2,1-2H3,(H2,14,15,16)/t9-/m1/s1. The lowest BCUT2D eigenvalue weighted by Gasteiger charge is -2.16. The SMILES string of the molecule is CCC[C@@H](C)NC(=S)Nc1cccc(F)c1. The van der Waals surface area contributed by atoms with E-state index in [1.807, 2.05) is 0 Å². The van der Waals surface area contributed by atoms with Crippen LogP contribution in [0.3, 0.4) is 0 Å². The molecule has 0 spiro atoms. The minimum atomic E-state index is -0.269. The summed E-state index contributed by atoms with van der Waals surface area (Å²) in [6, 6.07) is 6.58. The Morgan fingerprint density at radius 2 is 2.25 bits per heavy atom. The molecule has 1 rings (SSSR count). The number of halogens is 1. The fourth-order valence-electron chi connectivity index (χ4n) is 1.46. The van der Waals surface area contributed by atoms with E-state index in [0.29, 0.717) is 16.8 Å². The van der Waals surface area contributed by atoms with Crippen LogP contribution in [0.5, 0.6) is 0 Å². The van der Waals surface area contributed by atoms with Gasteiger partial charge in [0.1, 0.15) is 5.82 Å². The third-order valence-electron chi connectivity index (χ3n) is 2.18. The lowest BCUT2D eigenvalue weighted by molar-refractivity contribution is 0.599. The highest BCUT2D eigenvalue weighted by Gasteiger charge is 2.03. The second kappa shape index (κ2) is 6.43. The van der Waals surface area contributed by atoms with Crippen molar-refractivity contribution < 1.29 is 4.39 Å². The third-order valence-corrected chi connectivity index (χ3v) is 2.40. The van der Waals surface area contributed by atoms with Crippen molar-refractivity contribution in [1.82, 2.24) is 5.32 Å². The second-order valence-electron chi connectivity index (χ2n) is 3.80. The van der Waals surface area contributed by atoms with Crippen molar-refractivity contribution in [1.29, 1.82) is 0 Å². The molecule has 0 fully saturated rings. The fourth-order valence-corrected chi connectivity index (χ4v) is 1.78. The van der Waals surface area contributed by atoms with E-state index in [9.17, 15) is 4.39 Å². The summed E-state index contributed by atoms with van der Waals surface area (Å²) in [6.45, 7) is 4.20. The van der Waals surface area contributed by atoms with Gasteiger partial charge in [0.15, 0.2) is 5.11 Å². The first-order valence-electron chi connectivity index (χ1n) is 5.45. The normalized spacial score (nSPS) is 11.9. The molecule has 16 heavy (non-hydrogen) atoms. The Balaban J connectivity index is 2.45. The number of nitrogens with one attached hydrogen (secondary N) is 2. The van der Waals surface area contributed by atoms with E-state index in [-0.39, 0.29) is 5.82 Å². The zero-order chi connectivity index (χ0) is 12.0. The number of hydrogen-bond acceptors (Lipinski definition) is 1. The molecule has 2 nitrogen and oxygen atoms in total. The van der Waals surface area contributed by atoms with Gasteiger partial charge in [0.25, 0.3) is 0 Å². The number of rotatable bonds is 4. The third kappa shape index (κ3) is 4.57. The van der Waals surface area contributed by atoms with Gasteiger partial charge in [-0.05, 0) is 43.8 Å². The molecule has 1 aromatic carbocycles. The number of thiocarbonyl (C=S) groups is 1. The molecule has 0 saturated heterocycles. The van der Waals surface area contributed by atoms with E-state index in [1.165, 1.54) is 12.1 Å². The number of anilines is 1. The summed E-state index contributed by atoms with van der Waals surface area (Å²) in [5.41, 5.74) is 0.668. The first-order valence-corrected chi connectivity index (χ1v) is 5.85. The lowest BCUT2D eigenvalue weighted by atomic mass is 10.2. The molecule has 1 aromatic rings. The molecule has 1 atom stereocenters. The van der Waals surface area contributed by atoms with Gasteiger partial charge in [0.2, 0.25) is 0 Å². The first-order chi connectivity index (χ1) is 7.61. The van der Waals surface area contributed by atoms with E-state index in [2.05, 4.69) is 24.5 Å². The molecule has 0 bridgehead atoms. The van der Waals surface area contributed by atoms with Gasteiger partial charge in [-0.1, -0.05) is 19.4 Å². The van der Waals surface area contributed by atoms with Crippen LogP contribution in [0, 0.1) is 5.82 Å². The minimum absolute atomic E-state index is 0.269. The maximum Gasteiger partial charge on any atom is 0.170 e. The Hall–Kier alpha value is -1.16. The summed E-state index contributed by atoms with van der Waals surface area (Å²) < 4.78 is 12.9. The Kier molecular flexibility index (Phi) is 5.19. The van der Waals surface area contributed by atoms with Crippen molar-refractivity contribution in [2.45, 2.75) is 32.7 Å². The Labute approximate surface area is 101 Å². The van der Waals surface area contributed by atoms with Crippen molar-refractivity contribution in [2.24, 2.45) is 0 Å². The Morgan fingerprint density at radius 1 is 1.50 bits per heavy atom. The van der Waals surface area contributed by atoms with E-state index in [1.54, 1.807) is 12.1 Å². The van der Waals surface area contributed by atoms with Crippen LogP contribution in [-0.2, 0) is 0 Å². The topological polar surface area (TPSA) is 24.1 Å². The monoisotopic (exact) mass is 240 g/mol. The highest BCUT2D eigenvalue weighted by atomic mass is 32.1. The summed E-state index contributed by atoms with van der Waals surface area (Å²) in [4.78, 5) is 0. The molecule has 88 valence electrons. The van der Waals surface area contributed by atoms with E-state index < -0.39 is 0 Å². The zero-order valence-corrected chi connectivity index (χ0v) is 10.4. The Morgan fingerprint density at radius 3 is 2.88 bits per heavy atom. The van der Waals surface area contributed by atoms with Crippen LogP contribution in [0.1, 0.15) is 26.7 Å². The minimum Gasteiger partial charge on any atom is -0.360 e. The zero-order valence-electron chi connectivity index (χ0n) is 9.59. The van der Waals surface area contributed by atoms with Gasteiger partial charge in [-0.15, -0.1) is 0 Å². The quantitative estimate of drug-likeness (QED) is 0.790. The lowest BCUT2D eigenvalue weighted by Crippen LogP contribution is -2.35. The summed E-state index contributed by atoms with van der Waals surface area (Å²) in [6.07, 6.45) is 2.17. The molecule has 0 amide bonds. The van der Waals surface area contributed by atoms with Gasteiger partial charge in [0, 0.05) is 11.7 Å².